The van der Waals surface area contributed by atoms with Gasteiger partial charge in [0.25, 0.3) is 0 Å². The van der Waals surface area contributed by atoms with Crippen molar-refractivity contribution in [1.29, 1.82) is 0 Å². The molecule has 0 atom stereocenters. The van der Waals surface area contributed by atoms with Crippen LogP contribution in [0.2, 0.25) is 0 Å². The molecule has 3 aromatic carbocycles. The fourth-order valence-corrected chi connectivity index (χ4v) is 6.94. The molecule has 0 unspecified atom stereocenters. The molecular formula is C42H63N3O3. The standard InChI is InChI=1S/C42H63N3O3/c1-25-16-34(40(7,8)9)37(46)28(4)31(25)19-43-22-44(20-32-26(2)17-35(41(10,11)12)38(47)29(32)5)24-45(23-43)21-33-27(3)18-36(42(13,14)15)39(48)30(33)6/h16-18,46-48H,19-24H2,1-15H3/i22D,23D,24D. The van der Waals surface area contributed by atoms with Gasteiger partial charge in [0, 0.05) is 19.6 Å². The van der Waals surface area contributed by atoms with Crippen LogP contribution in [0.5, 0.6) is 17.2 Å². The van der Waals surface area contributed by atoms with E-state index in [1.54, 1.807) is 14.7 Å². The summed E-state index contributed by atoms with van der Waals surface area (Å²) < 4.78 is 28.9. The normalized spacial score (nSPS) is 21.3. The van der Waals surface area contributed by atoms with Gasteiger partial charge >= 0.3 is 0 Å². The highest BCUT2D eigenvalue weighted by molar-refractivity contribution is 5.53. The Balaban J connectivity index is 1.87. The topological polar surface area (TPSA) is 70.4 Å². The Morgan fingerprint density at radius 2 is 0.688 bits per heavy atom. The van der Waals surface area contributed by atoms with Gasteiger partial charge in [0.15, 0.2) is 0 Å². The molecular weight excluding hydrogens is 594 g/mol. The minimum absolute atomic E-state index is 0.218. The lowest BCUT2D eigenvalue weighted by Gasteiger charge is -2.43. The SMILES string of the molecule is [2H]C1N(Cc2c(C)cc(C(C)(C)C)c(O)c2C)C([2H])N(Cc2c(C)cc(C(C)(C)C)c(O)c2C)C([2H])N1Cc1c(C)cc(C(C)(C)C)c(O)c1C. The van der Waals surface area contributed by atoms with Crippen molar-refractivity contribution in [3.8, 4) is 17.2 Å². The molecule has 1 heterocycles. The van der Waals surface area contributed by atoms with Crippen LogP contribution in [-0.4, -0.2) is 50.0 Å². The van der Waals surface area contributed by atoms with E-state index in [9.17, 15) is 19.4 Å². The Bertz CT molecular complexity index is 1580. The predicted molar refractivity (Wildman–Crippen MR) is 200 cm³/mol. The van der Waals surface area contributed by atoms with Crippen LogP contribution in [0.1, 0.15) is 133 Å². The summed E-state index contributed by atoms with van der Waals surface area (Å²) in [6.45, 7) is 27.8. The molecule has 1 aliphatic rings. The molecule has 0 aliphatic carbocycles. The van der Waals surface area contributed by atoms with Gasteiger partial charge in [-0.05, 0) is 125 Å². The zero-order valence-corrected chi connectivity index (χ0v) is 32.3. The number of aryl methyl sites for hydroxylation is 3. The van der Waals surface area contributed by atoms with Crippen molar-refractivity contribution >= 4 is 0 Å². The highest BCUT2D eigenvalue weighted by Gasteiger charge is 2.30. The van der Waals surface area contributed by atoms with E-state index in [0.29, 0.717) is 0 Å². The summed E-state index contributed by atoms with van der Waals surface area (Å²) in [5, 5.41) is 34.1. The monoisotopic (exact) mass is 661 g/mol. The maximum atomic E-state index is 11.4. The fourth-order valence-electron chi connectivity index (χ4n) is 6.94. The van der Waals surface area contributed by atoms with Gasteiger partial charge in [-0.2, -0.15) is 0 Å². The first-order chi connectivity index (χ1) is 23.2. The average molecular weight is 661 g/mol. The summed E-state index contributed by atoms with van der Waals surface area (Å²) in [5.74, 6) is 0.699. The van der Waals surface area contributed by atoms with E-state index in [2.05, 4.69) is 62.3 Å². The van der Waals surface area contributed by atoms with E-state index in [1.165, 1.54) is 0 Å². The van der Waals surface area contributed by atoms with Crippen LogP contribution < -0.4 is 0 Å². The first-order valence-electron chi connectivity index (χ1n) is 18.9. The van der Waals surface area contributed by atoms with Crippen LogP contribution in [0.3, 0.4) is 0 Å². The minimum Gasteiger partial charge on any atom is -0.507 e. The van der Waals surface area contributed by atoms with Crippen molar-refractivity contribution in [2.75, 3.05) is 19.9 Å². The van der Waals surface area contributed by atoms with E-state index in [-0.39, 0.29) is 53.1 Å². The molecule has 0 amide bonds. The van der Waals surface area contributed by atoms with Gasteiger partial charge in [0.1, 0.15) is 17.2 Å². The van der Waals surface area contributed by atoms with Crippen molar-refractivity contribution in [3.05, 3.63) is 85.0 Å². The third kappa shape index (κ3) is 7.72. The number of benzene rings is 3. The van der Waals surface area contributed by atoms with E-state index in [0.717, 1.165) is 66.8 Å². The molecule has 0 spiro atoms. The van der Waals surface area contributed by atoms with E-state index in [4.69, 9.17) is 0 Å². The lowest BCUT2D eigenvalue weighted by Crippen LogP contribution is -2.54. The second kappa shape index (κ2) is 13.3. The lowest BCUT2D eigenvalue weighted by molar-refractivity contribution is -0.0427. The molecule has 3 N–H and O–H groups in total. The number of hydrogen-bond donors (Lipinski definition) is 3. The van der Waals surface area contributed by atoms with E-state index >= 15 is 0 Å². The van der Waals surface area contributed by atoms with E-state index < -0.39 is 19.9 Å². The zero-order valence-electron chi connectivity index (χ0n) is 35.3. The van der Waals surface area contributed by atoms with Crippen molar-refractivity contribution < 1.29 is 19.4 Å². The summed E-state index contributed by atoms with van der Waals surface area (Å²) in [6, 6.07) is 6.04. The van der Waals surface area contributed by atoms with Gasteiger partial charge in [-0.3, -0.25) is 14.7 Å². The van der Waals surface area contributed by atoms with Crippen molar-refractivity contribution in [2.24, 2.45) is 0 Å². The van der Waals surface area contributed by atoms with Crippen molar-refractivity contribution in [1.82, 2.24) is 14.7 Å². The molecule has 1 aliphatic heterocycles. The van der Waals surface area contributed by atoms with Crippen LogP contribution in [0.15, 0.2) is 18.2 Å². The summed E-state index contributed by atoms with van der Waals surface area (Å²) in [5.41, 5.74) is 9.47. The maximum Gasteiger partial charge on any atom is 0.122 e. The summed E-state index contributed by atoms with van der Waals surface area (Å²) in [4.78, 5) is 5.29. The Kier molecular flexibility index (Phi) is 9.29. The van der Waals surface area contributed by atoms with Crippen LogP contribution in [0.4, 0.5) is 0 Å². The zero-order chi connectivity index (χ0) is 38.9. The van der Waals surface area contributed by atoms with Crippen LogP contribution >= 0.6 is 0 Å². The van der Waals surface area contributed by atoms with Crippen molar-refractivity contribution in [2.45, 2.75) is 140 Å². The molecule has 3 aromatic rings. The number of aromatic hydroxyl groups is 3. The Morgan fingerprint density at radius 3 is 0.875 bits per heavy atom. The van der Waals surface area contributed by atoms with Crippen molar-refractivity contribution in [3.63, 3.8) is 0 Å². The highest BCUT2D eigenvalue weighted by Crippen LogP contribution is 2.40. The summed E-state index contributed by atoms with van der Waals surface area (Å²) in [7, 11) is 0. The molecule has 4 rings (SSSR count). The molecule has 0 saturated carbocycles. The van der Waals surface area contributed by atoms with Crippen LogP contribution in [-0.2, 0) is 35.9 Å². The van der Waals surface area contributed by atoms with Gasteiger partial charge in [-0.1, -0.05) is 80.5 Å². The molecule has 1 saturated heterocycles. The molecule has 0 radical (unpaired) electrons. The second-order valence-electron chi connectivity index (χ2n) is 17.2. The third-order valence-electron chi connectivity index (χ3n) is 10.0. The number of phenolic OH excluding ortho intramolecular Hbond substituents is 3. The van der Waals surface area contributed by atoms with Gasteiger partial charge in [0.2, 0.25) is 0 Å². The number of hydrogen-bond acceptors (Lipinski definition) is 6. The number of nitrogens with zero attached hydrogens (tertiary/aromatic N) is 3. The average Bonchev–Trinajstić information content (AvgIpc) is 2.99. The maximum absolute atomic E-state index is 11.4. The highest BCUT2D eigenvalue weighted by atomic mass is 16.3. The van der Waals surface area contributed by atoms with E-state index in [1.807, 2.05) is 59.7 Å². The predicted octanol–water partition coefficient (Wildman–Crippen LogP) is 9.24. The van der Waals surface area contributed by atoms with Gasteiger partial charge < -0.3 is 15.3 Å². The first kappa shape index (κ1) is 33.4. The smallest absolute Gasteiger partial charge is 0.122 e. The molecule has 48 heavy (non-hydrogen) atoms. The summed E-state index contributed by atoms with van der Waals surface area (Å²) >= 11 is 0. The molecule has 6 nitrogen and oxygen atoms in total. The molecule has 264 valence electrons. The number of rotatable bonds is 6. The first-order valence-corrected chi connectivity index (χ1v) is 17.2. The molecule has 1 fully saturated rings. The third-order valence-corrected chi connectivity index (χ3v) is 10.0. The Hall–Kier alpha value is -3.06. The largest absolute Gasteiger partial charge is 0.507 e. The Morgan fingerprint density at radius 1 is 0.479 bits per heavy atom. The van der Waals surface area contributed by atoms with Gasteiger partial charge in [-0.15, -0.1) is 0 Å². The minimum atomic E-state index is -1.07. The fraction of sp³-hybridized carbons (Fsp3) is 0.571. The lowest BCUT2D eigenvalue weighted by atomic mass is 9.82. The summed E-state index contributed by atoms with van der Waals surface area (Å²) in [6.07, 6.45) is 0. The molecule has 6 heteroatoms. The van der Waals surface area contributed by atoms with Crippen LogP contribution in [0.25, 0.3) is 0 Å². The van der Waals surface area contributed by atoms with Gasteiger partial charge in [-0.25, -0.2) is 0 Å². The Labute approximate surface area is 295 Å². The van der Waals surface area contributed by atoms with Gasteiger partial charge in [0.05, 0.1) is 24.0 Å². The quantitative estimate of drug-likeness (QED) is 0.245. The van der Waals surface area contributed by atoms with Crippen LogP contribution in [0, 0.1) is 41.5 Å². The second-order valence-corrected chi connectivity index (χ2v) is 17.2. The number of phenols is 3. The molecule has 0 bridgehead atoms. The molecule has 0 aromatic heterocycles.